The van der Waals surface area contributed by atoms with Crippen molar-refractivity contribution in [2.24, 2.45) is 5.73 Å². The van der Waals surface area contributed by atoms with E-state index in [2.05, 4.69) is 15.0 Å². The Bertz CT molecular complexity index is 639. The molecule has 1 atom stereocenters. The number of nitrogens with zero attached hydrogens (tertiary/aromatic N) is 1. The highest BCUT2D eigenvalue weighted by Gasteiger charge is 2.31. The van der Waals surface area contributed by atoms with Crippen LogP contribution in [0.5, 0.6) is 5.75 Å². The zero-order chi connectivity index (χ0) is 14.9. The smallest absolute Gasteiger partial charge is 0.406 e. The first kappa shape index (κ1) is 14.5. The van der Waals surface area contributed by atoms with Gasteiger partial charge in [-0.1, -0.05) is 11.3 Å². The first-order chi connectivity index (χ1) is 9.24. The van der Waals surface area contributed by atoms with Crippen LogP contribution in [-0.2, 0) is 4.79 Å². The summed E-state index contributed by atoms with van der Waals surface area (Å²) >= 11 is 1.04. The number of nitrogens with two attached hydrogens (primary N) is 1. The van der Waals surface area contributed by atoms with Crippen LogP contribution in [0, 0.1) is 0 Å². The van der Waals surface area contributed by atoms with Crippen LogP contribution < -0.4 is 15.8 Å². The van der Waals surface area contributed by atoms with Gasteiger partial charge in [0.1, 0.15) is 5.75 Å². The highest BCUT2D eigenvalue weighted by molar-refractivity contribution is 7.22. The number of carbonyl (C=O) groups excluding carboxylic acids is 1. The third-order valence-electron chi connectivity index (χ3n) is 2.24. The number of fused-ring (bicyclic) bond motifs is 1. The van der Waals surface area contributed by atoms with Crippen molar-refractivity contribution < 1.29 is 22.7 Å². The van der Waals surface area contributed by atoms with Crippen molar-refractivity contribution in [3.63, 3.8) is 0 Å². The number of hydrogen-bond acceptors (Lipinski definition) is 5. The first-order valence-corrected chi connectivity index (χ1v) is 6.29. The van der Waals surface area contributed by atoms with Crippen LogP contribution in [0.3, 0.4) is 0 Å². The summed E-state index contributed by atoms with van der Waals surface area (Å²) in [6, 6.07) is 3.05. The second-order valence-electron chi connectivity index (χ2n) is 3.97. The van der Waals surface area contributed by atoms with Crippen LogP contribution in [0.2, 0.25) is 0 Å². The monoisotopic (exact) mass is 305 g/mol. The van der Waals surface area contributed by atoms with E-state index in [9.17, 15) is 18.0 Å². The quantitative estimate of drug-likeness (QED) is 0.913. The standard InChI is InChI=1S/C11H10F3N3O2S/c1-5(15)9(18)17-10-16-7-3-2-6(4-8(7)20-10)19-11(12,13)14/h2-5H,15H2,1H3,(H,16,17,18)/t5-/m0/s1. The molecule has 3 N–H and O–H groups in total. The highest BCUT2D eigenvalue weighted by Crippen LogP contribution is 2.31. The van der Waals surface area contributed by atoms with Gasteiger partial charge in [-0.2, -0.15) is 0 Å². The number of alkyl halides is 3. The third kappa shape index (κ3) is 3.58. The summed E-state index contributed by atoms with van der Waals surface area (Å²) in [5.41, 5.74) is 5.85. The highest BCUT2D eigenvalue weighted by atomic mass is 32.1. The van der Waals surface area contributed by atoms with Gasteiger partial charge in [-0.05, 0) is 19.1 Å². The van der Waals surface area contributed by atoms with Gasteiger partial charge >= 0.3 is 6.36 Å². The van der Waals surface area contributed by atoms with Gasteiger partial charge in [-0.25, -0.2) is 4.98 Å². The molecule has 9 heteroatoms. The SMILES string of the molecule is C[C@H](N)C(=O)Nc1nc2ccc(OC(F)(F)F)cc2s1. The molecule has 0 saturated heterocycles. The van der Waals surface area contributed by atoms with Gasteiger partial charge in [0.2, 0.25) is 5.91 Å². The maximum atomic E-state index is 12.1. The van der Waals surface area contributed by atoms with Crippen molar-refractivity contribution in [2.45, 2.75) is 19.3 Å². The molecule has 5 nitrogen and oxygen atoms in total. The largest absolute Gasteiger partial charge is 0.573 e. The minimum Gasteiger partial charge on any atom is -0.406 e. The molecule has 0 spiro atoms. The number of carbonyl (C=O) groups is 1. The molecule has 20 heavy (non-hydrogen) atoms. The second-order valence-corrected chi connectivity index (χ2v) is 5.00. The van der Waals surface area contributed by atoms with Crippen molar-refractivity contribution in [1.82, 2.24) is 4.98 Å². The normalized spacial score (nSPS) is 13.2. The van der Waals surface area contributed by atoms with Crippen LogP contribution in [0.4, 0.5) is 18.3 Å². The summed E-state index contributed by atoms with van der Waals surface area (Å²) in [6.45, 7) is 1.51. The van der Waals surface area contributed by atoms with Gasteiger partial charge in [-0.15, -0.1) is 13.2 Å². The number of amides is 1. The molecule has 2 rings (SSSR count). The van der Waals surface area contributed by atoms with E-state index in [-0.39, 0.29) is 10.9 Å². The Kier molecular flexibility index (Phi) is 3.82. The number of aromatic nitrogens is 1. The molecule has 0 saturated carbocycles. The zero-order valence-electron chi connectivity index (χ0n) is 10.2. The summed E-state index contributed by atoms with van der Waals surface area (Å²) in [6.07, 6.45) is -4.75. The van der Waals surface area contributed by atoms with Crippen molar-refractivity contribution >= 4 is 32.6 Å². The maximum absolute atomic E-state index is 12.1. The minimum absolute atomic E-state index is 0.270. The number of hydrogen-bond donors (Lipinski definition) is 2. The van der Waals surface area contributed by atoms with E-state index in [1.54, 1.807) is 0 Å². The fourth-order valence-corrected chi connectivity index (χ4v) is 2.27. The number of halogens is 3. The van der Waals surface area contributed by atoms with E-state index in [1.807, 2.05) is 0 Å². The number of thiazole rings is 1. The van der Waals surface area contributed by atoms with Gasteiger partial charge in [-0.3, -0.25) is 4.79 Å². The predicted molar refractivity (Wildman–Crippen MR) is 68.6 cm³/mol. The molecular formula is C11H10F3N3O2S. The molecular weight excluding hydrogens is 295 g/mol. The molecule has 0 unspecified atom stereocenters. The van der Waals surface area contributed by atoms with Crippen LogP contribution >= 0.6 is 11.3 Å². The topological polar surface area (TPSA) is 77.2 Å². The third-order valence-corrected chi connectivity index (χ3v) is 3.17. The van der Waals surface area contributed by atoms with E-state index >= 15 is 0 Å². The van der Waals surface area contributed by atoms with Gasteiger partial charge in [0, 0.05) is 6.07 Å². The summed E-state index contributed by atoms with van der Waals surface area (Å²) < 4.78 is 40.6. The number of rotatable bonds is 3. The molecule has 1 aromatic carbocycles. The van der Waals surface area contributed by atoms with Crippen LogP contribution in [-0.4, -0.2) is 23.3 Å². The molecule has 108 valence electrons. The zero-order valence-corrected chi connectivity index (χ0v) is 11.0. The lowest BCUT2D eigenvalue weighted by molar-refractivity contribution is -0.274. The Hall–Kier alpha value is -1.87. The van der Waals surface area contributed by atoms with Crippen LogP contribution in [0.25, 0.3) is 10.2 Å². The lowest BCUT2D eigenvalue weighted by Crippen LogP contribution is -2.32. The molecule has 0 aliphatic carbocycles. The molecule has 1 heterocycles. The number of benzene rings is 1. The van der Waals surface area contributed by atoms with Gasteiger partial charge < -0.3 is 15.8 Å². The fraction of sp³-hybridized carbons (Fsp3) is 0.273. The lowest BCUT2D eigenvalue weighted by Gasteiger charge is -2.07. The Balaban J connectivity index is 2.24. The summed E-state index contributed by atoms with van der Waals surface area (Å²) in [4.78, 5) is 15.5. The van der Waals surface area contributed by atoms with Crippen molar-refractivity contribution in [3.05, 3.63) is 18.2 Å². The van der Waals surface area contributed by atoms with Crippen LogP contribution in [0.15, 0.2) is 18.2 Å². The molecule has 0 fully saturated rings. The number of nitrogens with one attached hydrogen (secondary N) is 1. The van der Waals surface area contributed by atoms with Crippen LogP contribution in [0.1, 0.15) is 6.92 Å². The fourth-order valence-electron chi connectivity index (χ4n) is 1.37. The molecule has 0 radical (unpaired) electrons. The average Bonchev–Trinajstić information content (AvgIpc) is 2.68. The summed E-state index contributed by atoms with van der Waals surface area (Å²) in [5.74, 6) is -0.755. The molecule has 0 aliphatic rings. The van der Waals surface area contributed by atoms with E-state index in [4.69, 9.17) is 5.73 Å². The molecule has 0 bridgehead atoms. The van der Waals surface area contributed by atoms with Crippen molar-refractivity contribution in [3.8, 4) is 5.75 Å². The molecule has 1 amide bonds. The maximum Gasteiger partial charge on any atom is 0.573 e. The van der Waals surface area contributed by atoms with E-state index in [1.165, 1.54) is 19.1 Å². The Labute approximate surface area is 115 Å². The first-order valence-electron chi connectivity index (χ1n) is 5.47. The Morgan fingerprint density at radius 1 is 1.50 bits per heavy atom. The number of ether oxygens (including phenoxy) is 1. The van der Waals surface area contributed by atoms with E-state index < -0.39 is 18.3 Å². The summed E-state index contributed by atoms with van der Waals surface area (Å²) in [7, 11) is 0. The molecule has 0 aliphatic heterocycles. The van der Waals surface area contributed by atoms with Gasteiger partial charge in [0.15, 0.2) is 5.13 Å². The number of anilines is 1. The second kappa shape index (κ2) is 5.25. The van der Waals surface area contributed by atoms with Gasteiger partial charge in [0.25, 0.3) is 0 Å². The Morgan fingerprint density at radius 2 is 2.20 bits per heavy atom. The van der Waals surface area contributed by atoms with E-state index in [0.29, 0.717) is 10.2 Å². The molecule has 2 aromatic rings. The minimum atomic E-state index is -4.75. The van der Waals surface area contributed by atoms with Gasteiger partial charge in [0.05, 0.1) is 16.3 Å². The Morgan fingerprint density at radius 3 is 2.80 bits per heavy atom. The van der Waals surface area contributed by atoms with Crippen molar-refractivity contribution in [2.75, 3.05) is 5.32 Å². The lowest BCUT2D eigenvalue weighted by atomic mass is 10.3. The van der Waals surface area contributed by atoms with Crippen molar-refractivity contribution in [1.29, 1.82) is 0 Å². The summed E-state index contributed by atoms with van der Waals surface area (Å²) in [5, 5.41) is 2.75. The predicted octanol–water partition coefficient (Wildman–Crippen LogP) is 2.48. The molecule has 1 aromatic heterocycles. The van der Waals surface area contributed by atoms with E-state index in [0.717, 1.165) is 17.4 Å². The average molecular weight is 305 g/mol.